The molecule has 0 saturated carbocycles. The van der Waals surface area contributed by atoms with Gasteiger partial charge in [0.05, 0.1) is 6.26 Å². The molecule has 0 aromatic rings. The summed E-state index contributed by atoms with van der Waals surface area (Å²) in [5.74, 6) is 0. The fourth-order valence-electron chi connectivity index (χ4n) is 1.80. The van der Waals surface area contributed by atoms with E-state index in [-0.39, 0.29) is 0 Å². The third kappa shape index (κ3) is 4.78. The topological polar surface area (TPSA) is 52.6 Å². The maximum atomic E-state index is 11.1. The van der Waals surface area contributed by atoms with Crippen LogP contribution in [0.15, 0.2) is 0 Å². The molecule has 1 rings (SSSR count). The maximum absolute atomic E-state index is 11.1. The SMILES string of the molecule is CN1CCC(NCCN(C)S(C)(=O)=O)CC1. The van der Waals surface area contributed by atoms with Gasteiger partial charge < -0.3 is 10.2 Å². The van der Waals surface area contributed by atoms with Crippen LogP contribution >= 0.6 is 0 Å². The van der Waals surface area contributed by atoms with Crippen molar-refractivity contribution in [2.24, 2.45) is 0 Å². The summed E-state index contributed by atoms with van der Waals surface area (Å²) in [7, 11) is 0.720. The van der Waals surface area contributed by atoms with E-state index in [9.17, 15) is 8.42 Å². The second-order valence-corrected chi connectivity index (χ2v) is 6.71. The van der Waals surface area contributed by atoms with E-state index in [1.54, 1.807) is 7.05 Å². The highest BCUT2D eigenvalue weighted by Gasteiger charge is 2.16. The average molecular weight is 249 g/mol. The summed E-state index contributed by atoms with van der Waals surface area (Å²) in [4.78, 5) is 2.32. The molecule has 1 aliphatic heterocycles. The van der Waals surface area contributed by atoms with Gasteiger partial charge in [-0.25, -0.2) is 12.7 Å². The van der Waals surface area contributed by atoms with Gasteiger partial charge in [0.15, 0.2) is 0 Å². The summed E-state index contributed by atoms with van der Waals surface area (Å²) in [5, 5.41) is 3.41. The van der Waals surface area contributed by atoms with Crippen molar-refractivity contribution in [2.45, 2.75) is 18.9 Å². The summed E-state index contributed by atoms with van der Waals surface area (Å²) in [6.45, 7) is 3.53. The second-order valence-electron chi connectivity index (χ2n) is 4.62. The molecule has 0 aromatic carbocycles. The minimum atomic E-state index is -3.03. The Bertz CT molecular complexity index is 297. The minimum Gasteiger partial charge on any atom is -0.313 e. The number of likely N-dealkylation sites (N-methyl/N-ethyl adjacent to an activating group) is 1. The molecule has 1 fully saturated rings. The van der Waals surface area contributed by atoms with Gasteiger partial charge in [0.2, 0.25) is 10.0 Å². The number of likely N-dealkylation sites (tertiary alicyclic amines) is 1. The summed E-state index contributed by atoms with van der Waals surface area (Å²) < 4.78 is 23.7. The van der Waals surface area contributed by atoms with Crippen LogP contribution in [0, 0.1) is 0 Å². The van der Waals surface area contributed by atoms with E-state index in [1.165, 1.54) is 10.6 Å². The Morgan fingerprint density at radius 2 is 1.94 bits per heavy atom. The van der Waals surface area contributed by atoms with Crippen molar-refractivity contribution >= 4 is 10.0 Å². The average Bonchev–Trinajstić information content (AvgIpc) is 2.19. The fraction of sp³-hybridized carbons (Fsp3) is 1.00. The molecule has 96 valence electrons. The van der Waals surface area contributed by atoms with Crippen LogP contribution in [-0.2, 0) is 10.0 Å². The van der Waals surface area contributed by atoms with Crippen LogP contribution in [0.25, 0.3) is 0 Å². The summed E-state index contributed by atoms with van der Waals surface area (Å²) in [6.07, 6.45) is 3.54. The number of sulfonamides is 1. The third-order valence-electron chi connectivity index (χ3n) is 3.14. The first kappa shape index (κ1) is 13.9. The minimum absolute atomic E-state index is 0.546. The Morgan fingerprint density at radius 3 is 2.44 bits per heavy atom. The van der Waals surface area contributed by atoms with Gasteiger partial charge in [-0.1, -0.05) is 0 Å². The van der Waals surface area contributed by atoms with Crippen molar-refractivity contribution in [2.75, 3.05) is 46.5 Å². The van der Waals surface area contributed by atoms with Crippen molar-refractivity contribution in [3.05, 3.63) is 0 Å². The van der Waals surface area contributed by atoms with Crippen molar-refractivity contribution in [1.29, 1.82) is 0 Å². The summed E-state index contributed by atoms with van der Waals surface area (Å²) >= 11 is 0. The number of hydrogen-bond acceptors (Lipinski definition) is 4. The van der Waals surface area contributed by atoms with E-state index in [2.05, 4.69) is 17.3 Å². The largest absolute Gasteiger partial charge is 0.313 e. The molecule has 0 aromatic heterocycles. The zero-order valence-corrected chi connectivity index (χ0v) is 11.3. The lowest BCUT2D eigenvalue weighted by Gasteiger charge is -2.30. The van der Waals surface area contributed by atoms with Crippen molar-refractivity contribution < 1.29 is 8.42 Å². The van der Waals surface area contributed by atoms with Crippen LogP contribution in [0.3, 0.4) is 0 Å². The molecule has 0 radical (unpaired) electrons. The summed E-state index contributed by atoms with van der Waals surface area (Å²) in [6, 6.07) is 0.546. The molecule has 0 atom stereocenters. The molecule has 6 heteroatoms. The molecule has 0 spiro atoms. The summed E-state index contributed by atoms with van der Waals surface area (Å²) in [5.41, 5.74) is 0. The van der Waals surface area contributed by atoms with E-state index in [4.69, 9.17) is 0 Å². The molecule has 1 aliphatic rings. The maximum Gasteiger partial charge on any atom is 0.210 e. The highest BCUT2D eigenvalue weighted by molar-refractivity contribution is 7.88. The lowest BCUT2D eigenvalue weighted by molar-refractivity contribution is 0.233. The van der Waals surface area contributed by atoms with Gasteiger partial charge in [-0.05, 0) is 33.0 Å². The first-order valence-corrected chi connectivity index (χ1v) is 7.57. The smallest absolute Gasteiger partial charge is 0.210 e. The molecule has 0 aliphatic carbocycles. The van der Waals surface area contributed by atoms with Crippen molar-refractivity contribution in [3.8, 4) is 0 Å². The van der Waals surface area contributed by atoms with Crippen LogP contribution in [0.2, 0.25) is 0 Å². The first-order chi connectivity index (χ1) is 7.39. The van der Waals surface area contributed by atoms with E-state index in [1.807, 2.05) is 0 Å². The van der Waals surface area contributed by atoms with Gasteiger partial charge in [0.25, 0.3) is 0 Å². The lowest BCUT2D eigenvalue weighted by atomic mass is 10.1. The monoisotopic (exact) mass is 249 g/mol. The number of hydrogen-bond donors (Lipinski definition) is 1. The zero-order valence-electron chi connectivity index (χ0n) is 10.4. The van der Waals surface area contributed by atoms with Gasteiger partial charge in [0, 0.05) is 26.2 Å². The van der Waals surface area contributed by atoms with E-state index in [0.717, 1.165) is 32.5 Å². The van der Waals surface area contributed by atoms with Gasteiger partial charge in [-0.2, -0.15) is 0 Å². The Kier molecular flexibility index (Phi) is 5.17. The number of nitrogens with zero attached hydrogens (tertiary/aromatic N) is 2. The van der Waals surface area contributed by atoms with Crippen LogP contribution in [0.5, 0.6) is 0 Å². The molecular formula is C10H23N3O2S. The van der Waals surface area contributed by atoms with Gasteiger partial charge in [-0.15, -0.1) is 0 Å². The quantitative estimate of drug-likeness (QED) is 0.718. The number of rotatable bonds is 5. The second kappa shape index (κ2) is 5.95. The molecule has 16 heavy (non-hydrogen) atoms. The lowest BCUT2D eigenvalue weighted by Crippen LogP contribution is -2.43. The first-order valence-electron chi connectivity index (χ1n) is 5.73. The van der Waals surface area contributed by atoms with Crippen molar-refractivity contribution in [3.63, 3.8) is 0 Å². The Labute approximate surface area is 98.8 Å². The van der Waals surface area contributed by atoms with Crippen LogP contribution in [-0.4, -0.2) is 70.2 Å². The Morgan fingerprint density at radius 1 is 1.38 bits per heavy atom. The van der Waals surface area contributed by atoms with Gasteiger partial charge in [0.1, 0.15) is 0 Å². The van der Waals surface area contributed by atoms with Gasteiger partial charge in [-0.3, -0.25) is 0 Å². The van der Waals surface area contributed by atoms with E-state index < -0.39 is 10.0 Å². The predicted octanol–water partition coefficient (Wildman–Crippen LogP) is -0.438. The van der Waals surface area contributed by atoms with E-state index in [0.29, 0.717) is 12.6 Å². The van der Waals surface area contributed by atoms with Crippen LogP contribution < -0.4 is 5.32 Å². The molecule has 1 saturated heterocycles. The van der Waals surface area contributed by atoms with E-state index >= 15 is 0 Å². The number of nitrogens with one attached hydrogen (secondary N) is 1. The molecule has 0 amide bonds. The zero-order chi connectivity index (χ0) is 12.2. The Balaban J connectivity index is 2.16. The van der Waals surface area contributed by atoms with Crippen LogP contribution in [0.1, 0.15) is 12.8 Å². The normalized spacial score (nSPS) is 20.5. The molecule has 0 unspecified atom stereocenters. The number of piperidine rings is 1. The Hall–Kier alpha value is -0.170. The molecule has 1 heterocycles. The predicted molar refractivity (Wildman–Crippen MR) is 66.0 cm³/mol. The molecule has 1 N–H and O–H groups in total. The molecule has 0 bridgehead atoms. The molecule has 5 nitrogen and oxygen atoms in total. The highest BCUT2D eigenvalue weighted by atomic mass is 32.2. The standard InChI is InChI=1S/C10H23N3O2S/c1-12-7-4-10(5-8-12)11-6-9-13(2)16(3,14)15/h10-11H,4-9H2,1-3H3. The molecular weight excluding hydrogens is 226 g/mol. The van der Waals surface area contributed by atoms with Crippen molar-refractivity contribution in [1.82, 2.24) is 14.5 Å². The highest BCUT2D eigenvalue weighted by Crippen LogP contribution is 2.07. The van der Waals surface area contributed by atoms with Crippen LogP contribution in [0.4, 0.5) is 0 Å². The third-order valence-corrected chi connectivity index (χ3v) is 4.46. The van der Waals surface area contributed by atoms with Gasteiger partial charge >= 0.3 is 0 Å². The fourth-order valence-corrected chi connectivity index (χ4v) is 2.23.